The SMILES string of the molecule is CCS[C@@H]1O[C@H](C)[C@@H](OCc2ccccc2)[C@H](N)[C@H]1OCc1ccccc1. The van der Waals surface area contributed by atoms with Crippen LogP contribution in [0.25, 0.3) is 0 Å². The largest absolute Gasteiger partial charge is 0.369 e. The second kappa shape index (κ2) is 10.2. The first-order valence-corrected chi connectivity index (χ1v) is 10.6. The van der Waals surface area contributed by atoms with Crippen molar-refractivity contribution in [1.29, 1.82) is 0 Å². The first-order valence-electron chi connectivity index (χ1n) is 9.52. The van der Waals surface area contributed by atoms with Crippen LogP contribution in [0.15, 0.2) is 60.7 Å². The van der Waals surface area contributed by atoms with Crippen molar-refractivity contribution in [3.8, 4) is 0 Å². The quantitative estimate of drug-likeness (QED) is 0.742. The maximum Gasteiger partial charge on any atom is 0.131 e. The van der Waals surface area contributed by atoms with Crippen molar-refractivity contribution in [2.75, 3.05) is 5.75 Å². The Morgan fingerprint density at radius 1 is 0.889 bits per heavy atom. The molecule has 27 heavy (non-hydrogen) atoms. The summed E-state index contributed by atoms with van der Waals surface area (Å²) < 4.78 is 18.6. The Balaban J connectivity index is 1.66. The van der Waals surface area contributed by atoms with Gasteiger partial charge >= 0.3 is 0 Å². The molecule has 1 aliphatic heterocycles. The van der Waals surface area contributed by atoms with E-state index in [4.69, 9.17) is 19.9 Å². The second-order valence-corrected chi connectivity index (χ2v) is 8.14. The third-order valence-corrected chi connectivity index (χ3v) is 5.78. The minimum Gasteiger partial charge on any atom is -0.369 e. The molecule has 1 aliphatic rings. The Labute approximate surface area is 166 Å². The highest BCUT2D eigenvalue weighted by molar-refractivity contribution is 7.99. The van der Waals surface area contributed by atoms with Gasteiger partial charge in [0.05, 0.1) is 25.4 Å². The Morgan fingerprint density at radius 3 is 1.93 bits per heavy atom. The van der Waals surface area contributed by atoms with Gasteiger partial charge in [-0.1, -0.05) is 67.6 Å². The zero-order chi connectivity index (χ0) is 19.1. The molecule has 1 saturated heterocycles. The fourth-order valence-electron chi connectivity index (χ4n) is 3.32. The predicted octanol–water partition coefficient (Wildman–Crippen LogP) is 3.98. The predicted molar refractivity (Wildman–Crippen MR) is 110 cm³/mol. The van der Waals surface area contributed by atoms with Gasteiger partial charge in [-0.25, -0.2) is 0 Å². The monoisotopic (exact) mass is 387 g/mol. The van der Waals surface area contributed by atoms with Crippen molar-refractivity contribution < 1.29 is 14.2 Å². The van der Waals surface area contributed by atoms with Crippen LogP contribution in [0.3, 0.4) is 0 Å². The molecular weight excluding hydrogens is 358 g/mol. The summed E-state index contributed by atoms with van der Waals surface area (Å²) in [4.78, 5) is 0. The molecule has 1 heterocycles. The van der Waals surface area contributed by atoms with Crippen LogP contribution in [0.5, 0.6) is 0 Å². The maximum absolute atomic E-state index is 6.62. The summed E-state index contributed by atoms with van der Waals surface area (Å²) in [6, 6.07) is 20.0. The number of benzene rings is 2. The number of thioether (sulfide) groups is 1. The van der Waals surface area contributed by atoms with Crippen LogP contribution < -0.4 is 5.73 Å². The summed E-state index contributed by atoms with van der Waals surface area (Å²) in [5, 5.41) is 0. The molecule has 0 aliphatic carbocycles. The molecule has 2 aromatic carbocycles. The van der Waals surface area contributed by atoms with Crippen LogP contribution in [0.1, 0.15) is 25.0 Å². The Hall–Kier alpha value is -1.37. The molecule has 0 amide bonds. The Kier molecular flexibility index (Phi) is 7.73. The van der Waals surface area contributed by atoms with E-state index in [1.807, 2.05) is 43.3 Å². The van der Waals surface area contributed by atoms with Gasteiger partial charge in [-0.05, 0) is 23.8 Å². The van der Waals surface area contributed by atoms with Gasteiger partial charge < -0.3 is 19.9 Å². The van der Waals surface area contributed by atoms with E-state index in [2.05, 4.69) is 31.2 Å². The van der Waals surface area contributed by atoms with Crippen LogP contribution in [0.4, 0.5) is 0 Å². The van der Waals surface area contributed by atoms with E-state index in [1.54, 1.807) is 11.8 Å². The molecule has 1 fully saturated rings. The molecule has 0 unspecified atom stereocenters. The van der Waals surface area contributed by atoms with Crippen molar-refractivity contribution >= 4 is 11.8 Å². The molecule has 5 atom stereocenters. The summed E-state index contributed by atoms with van der Waals surface area (Å²) in [7, 11) is 0. The Bertz CT molecular complexity index is 670. The molecule has 0 radical (unpaired) electrons. The molecule has 5 heteroatoms. The van der Waals surface area contributed by atoms with E-state index < -0.39 is 0 Å². The zero-order valence-corrected chi connectivity index (χ0v) is 16.8. The number of rotatable bonds is 8. The zero-order valence-electron chi connectivity index (χ0n) is 16.0. The fraction of sp³-hybridized carbons (Fsp3) is 0.455. The summed E-state index contributed by atoms with van der Waals surface area (Å²) in [5.74, 6) is 0.949. The Morgan fingerprint density at radius 2 is 1.41 bits per heavy atom. The first-order chi connectivity index (χ1) is 13.2. The molecular formula is C22H29NO3S. The number of hydrogen-bond acceptors (Lipinski definition) is 5. The molecule has 0 saturated carbocycles. The molecule has 146 valence electrons. The van der Waals surface area contributed by atoms with E-state index in [0.717, 1.165) is 16.9 Å². The number of ether oxygens (including phenoxy) is 3. The van der Waals surface area contributed by atoms with Crippen molar-refractivity contribution in [3.63, 3.8) is 0 Å². The second-order valence-electron chi connectivity index (χ2n) is 6.76. The average Bonchev–Trinajstić information content (AvgIpc) is 2.69. The smallest absolute Gasteiger partial charge is 0.131 e. The molecule has 2 N–H and O–H groups in total. The highest BCUT2D eigenvalue weighted by atomic mass is 32.2. The van der Waals surface area contributed by atoms with Gasteiger partial charge in [-0.3, -0.25) is 0 Å². The van der Waals surface area contributed by atoms with E-state index in [9.17, 15) is 0 Å². The van der Waals surface area contributed by atoms with Gasteiger partial charge in [0.2, 0.25) is 0 Å². The van der Waals surface area contributed by atoms with Crippen LogP contribution >= 0.6 is 11.8 Å². The van der Waals surface area contributed by atoms with Crippen LogP contribution in [0, 0.1) is 0 Å². The minimum absolute atomic E-state index is 0.0793. The number of nitrogens with two attached hydrogens (primary N) is 1. The molecule has 4 nitrogen and oxygen atoms in total. The summed E-state index contributed by atoms with van der Waals surface area (Å²) in [6.07, 6.45) is -0.504. The lowest BCUT2D eigenvalue weighted by Crippen LogP contribution is -2.61. The lowest BCUT2D eigenvalue weighted by molar-refractivity contribution is -0.181. The normalized spacial score (nSPS) is 28.2. The first kappa shape index (κ1) is 20.4. The van der Waals surface area contributed by atoms with Gasteiger partial charge in [-0.2, -0.15) is 0 Å². The topological polar surface area (TPSA) is 53.7 Å². The number of hydrogen-bond donors (Lipinski definition) is 1. The summed E-state index contributed by atoms with van der Waals surface area (Å²) in [5.41, 5.74) is 8.79. The molecule has 0 aromatic heterocycles. The van der Waals surface area contributed by atoms with E-state index in [1.165, 1.54) is 0 Å². The fourth-order valence-corrected chi connectivity index (χ4v) is 4.35. The third kappa shape index (κ3) is 5.56. The van der Waals surface area contributed by atoms with Crippen molar-refractivity contribution in [2.24, 2.45) is 5.73 Å². The van der Waals surface area contributed by atoms with Gasteiger partial charge in [0.25, 0.3) is 0 Å². The van der Waals surface area contributed by atoms with E-state index >= 15 is 0 Å². The standard InChI is InChI=1S/C22H29NO3S/c1-3-27-22-21(25-15-18-12-8-5-9-13-18)19(23)20(16(2)26-22)24-14-17-10-6-4-7-11-17/h4-13,16,19-22H,3,14-15,23H2,1-2H3/t16-,19+,20-,21-,22+/m1/s1. The van der Waals surface area contributed by atoms with Gasteiger partial charge in [0.1, 0.15) is 17.6 Å². The highest BCUT2D eigenvalue weighted by Crippen LogP contribution is 2.31. The van der Waals surface area contributed by atoms with Crippen LogP contribution in [-0.2, 0) is 27.4 Å². The average molecular weight is 388 g/mol. The highest BCUT2D eigenvalue weighted by Gasteiger charge is 2.43. The molecule has 3 rings (SSSR count). The molecule has 0 spiro atoms. The van der Waals surface area contributed by atoms with Crippen molar-refractivity contribution in [2.45, 2.75) is 56.9 Å². The van der Waals surface area contributed by atoms with E-state index in [-0.39, 0.29) is 29.8 Å². The van der Waals surface area contributed by atoms with Gasteiger partial charge in [0, 0.05) is 0 Å². The summed E-state index contributed by atoms with van der Waals surface area (Å²) in [6.45, 7) is 5.19. The lowest BCUT2D eigenvalue weighted by Gasteiger charge is -2.44. The molecule has 0 bridgehead atoms. The maximum atomic E-state index is 6.62. The van der Waals surface area contributed by atoms with Crippen LogP contribution in [0.2, 0.25) is 0 Å². The molecule has 2 aromatic rings. The van der Waals surface area contributed by atoms with Gasteiger partial charge in [-0.15, -0.1) is 11.8 Å². The van der Waals surface area contributed by atoms with Crippen LogP contribution in [-0.4, -0.2) is 35.5 Å². The minimum atomic E-state index is -0.245. The lowest BCUT2D eigenvalue weighted by atomic mass is 9.98. The van der Waals surface area contributed by atoms with Crippen molar-refractivity contribution in [1.82, 2.24) is 0 Å². The van der Waals surface area contributed by atoms with Crippen molar-refractivity contribution in [3.05, 3.63) is 71.8 Å². The summed E-state index contributed by atoms with van der Waals surface area (Å²) >= 11 is 1.74. The van der Waals surface area contributed by atoms with Gasteiger partial charge in [0.15, 0.2) is 0 Å². The third-order valence-electron chi connectivity index (χ3n) is 4.74. The van der Waals surface area contributed by atoms with E-state index in [0.29, 0.717) is 13.2 Å².